The van der Waals surface area contributed by atoms with Crippen molar-refractivity contribution in [1.82, 2.24) is 0 Å². The van der Waals surface area contributed by atoms with E-state index in [4.69, 9.17) is 9.47 Å². The van der Waals surface area contributed by atoms with Crippen molar-refractivity contribution in [1.29, 1.82) is 0 Å². The molecule has 0 aliphatic carbocycles. The molecule has 0 saturated carbocycles. The highest BCUT2D eigenvalue weighted by Gasteiger charge is 2.18. The van der Waals surface area contributed by atoms with Crippen molar-refractivity contribution in [2.24, 2.45) is 0 Å². The Kier molecular flexibility index (Phi) is 12.7. The van der Waals surface area contributed by atoms with Gasteiger partial charge in [0.25, 0.3) is 0 Å². The van der Waals surface area contributed by atoms with Gasteiger partial charge in [-0.05, 0) is 85.8 Å². The highest BCUT2D eigenvalue weighted by atomic mass is 16.7. The van der Waals surface area contributed by atoms with Gasteiger partial charge in [-0.25, -0.2) is 0 Å². The number of unbranched alkanes of at least 4 members (excludes halogenated alkanes) is 7. The number of ether oxygens (including phenoxy) is 2. The second-order valence-corrected chi connectivity index (χ2v) is 10.5. The number of hydrogen-bond donors (Lipinski definition) is 0. The van der Waals surface area contributed by atoms with E-state index in [1.807, 2.05) is 0 Å². The van der Waals surface area contributed by atoms with Crippen molar-refractivity contribution in [2.45, 2.75) is 130 Å². The van der Waals surface area contributed by atoms with Gasteiger partial charge in [-0.2, -0.15) is 0 Å². The van der Waals surface area contributed by atoms with Gasteiger partial charge in [0.05, 0.1) is 6.61 Å². The number of hydrogen-bond acceptors (Lipinski definition) is 2. The molecule has 1 fully saturated rings. The molecule has 1 heterocycles. The standard InChI is InChI=1S/C33H50O2/c1-4-7-10-11-12-13-18-27-20-21-32(35-33-19-14-15-22-34-33)31(26-27)30-24-28(16-8-5-2)23-29(25-30)17-9-6-3/h20-21,23-26,33H,4-19,22H2,1-3H3. The third-order valence-electron chi connectivity index (χ3n) is 7.26. The molecule has 0 radical (unpaired) electrons. The van der Waals surface area contributed by atoms with Crippen molar-refractivity contribution in [3.05, 3.63) is 53.1 Å². The van der Waals surface area contributed by atoms with Gasteiger partial charge in [-0.3, -0.25) is 0 Å². The molecule has 1 aliphatic heterocycles. The first kappa shape index (κ1) is 27.8. The molecule has 0 bridgehead atoms. The molecule has 0 spiro atoms. The zero-order valence-electron chi connectivity index (χ0n) is 22.9. The molecule has 194 valence electrons. The Morgan fingerprint density at radius 1 is 0.686 bits per heavy atom. The molecule has 3 rings (SSSR count). The molecule has 1 unspecified atom stereocenters. The topological polar surface area (TPSA) is 18.5 Å². The lowest BCUT2D eigenvalue weighted by Gasteiger charge is -2.25. The lowest BCUT2D eigenvalue weighted by molar-refractivity contribution is -0.105. The van der Waals surface area contributed by atoms with E-state index < -0.39 is 0 Å². The zero-order chi connectivity index (χ0) is 24.7. The maximum absolute atomic E-state index is 6.49. The monoisotopic (exact) mass is 478 g/mol. The minimum Gasteiger partial charge on any atom is -0.464 e. The second kappa shape index (κ2) is 16.0. The van der Waals surface area contributed by atoms with Gasteiger partial charge in [0.15, 0.2) is 6.29 Å². The molecular weight excluding hydrogens is 428 g/mol. The second-order valence-electron chi connectivity index (χ2n) is 10.5. The van der Waals surface area contributed by atoms with Gasteiger partial charge < -0.3 is 9.47 Å². The molecule has 2 nitrogen and oxygen atoms in total. The SMILES string of the molecule is CCCCCCCCc1ccc(OC2CCCCO2)c(-c2cc(CCCC)cc(CCCC)c2)c1. The van der Waals surface area contributed by atoms with Crippen LogP contribution in [-0.4, -0.2) is 12.9 Å². The Bertz CT molecular complexity index is 824. The summed E-state index contributed by atoms with van der Waals surface area (Å²) in [4.78, 5) is 0. The average Bonchev–Trinajstić information content (AvgIpc) is 2.89. The highest BCUT2D eigenvalue weighted by Crippen LogP contribution is 2.35. The molecule has 0 amide bonds. The average molecular weight is 479 g/mol. The van der Waals surface area contributed by atoms with Crippen molar-refractivity contribution < 1.29 is 9.47 Å². The van der Waals surface area contributed by atoms with Crippen LogP contribution < -0.4 is 4.74 Å². The molecule has 1 atom stereocenters. The summed E-state index contributed by atoms with van der Waals surface area (Å²) in [7, 11) is 0. The quantitative estimate of drug-likeness (QED) is 0.223. The van der Waals surface area contributed by atoms with Gasteiger partial charge in [0.1, 0.15) is 5.75 Å². The van der Waals surface area contributed by atoms with Crippen LogP contribution in [0.5, 0.6) is 5.75 Å². The summed E-state index contributed by atoms with van der Waals surface area (Å²) in [5.74, 6) is 0.984. The van der Waals surface area contributed by atoms with Gasteiger partial charge in [0.2, 0.25) is 0 Å². The normalized spacial score (nSPS) is 15.9. The summed E-state index contributed by atoms with van der Waals surface area (Å²) in [6, 6.07) is 14.2. The molecule has 2 aromatic rings. The summed E-state index contributed by atoms with van der Waals surface area (Å²) < 4.78 is 12.4. The Morgan fingerprint density at radius 2 is 1.34 bits per heavy atom. The van der Waals surface area contributed by atoms with E-state index in [-0.39, 0.29) is 6.29 Å². The molecule has 1 aliphatic rings. The van der Waals surface area contributed by atoms with E-state index in [1.165, 1.54) is 98.4 Å². The largest absolute Gasteiger partial charge is 0.464 e. The minimum atomic E-state index is -0.116. The summed E-state index contributed by atoms with van der Waals surface area (Å²) in [6.07, 6.45) is 19.6. The first-order chi connectivity index (χ1) is 17.2. The van der Waals surface area contributed by atoms with Gasteiger partial charge in [-0.1, -0.05) is 90.0 Å². The van der Waals surface area contributed by atoms with E-state index in [9.17, 15) is 0 Å². The fourth-order valence-electron chi connectivity index (χ4n) is 5.08. The molecule has 2 aromatic carbocycles. The van der Waals surface area contributed by atoms with Crippen LogP contribution in [0.4, 0.5) is 0 Å². The van der Waals surface area contributed by atoms with Crippen molar-refractivity contribution in [3.63, 3.8) is 0 Å². The van der Waals surface area contributed by atoms with Crippen LogP contribution in [0.15, 0.2) is 36.4 Å². The van der Waals surface area contributed by atoms with Crippen LogP contribution in [0.3, 0.4) is 0 Å². The fourth-order valence-corrected chi connectivity index (χ4v) is 5.08. The van der Waals surface area contributed by atoms with Crippen LogP contribution in [0.2, 0.25) is 0 Å². The van der Waals surface area contributed by atoms with E-state index in [0.29, 0.717) is 0 Å². The van der Waals surface area contributed by atoms with Gasteiger partial charge in [-0.15, -0.1) is 0 Å². The van der Waals surface area contributed by atoms with E-state index in [0.717, 1.165) is 44.5 Å². The summed E-state index contributed by atoms with van der Waals surface area (Å²) in [6.45, 7) is 7.66. The first-order valence-corrected chi connectivity index (χ1v) is 14.8. The molecule has 1 saturated heterocycles. The summed E-state index contributed by atoms with van der Waals surface area (Å²) >= 11 is 0. The van der Waals surface area contributed by atoms with Crippen LogP contribution in [0.25, 0.3) is 11.1 Å². The lowest BCUT2D eigenvalue weighted by atomic mass is 9.93. The predicted octanol–water partition coefficient (Wildman–Crippen LogP) is 9.85. The number of aryl methyl sites for hydroxylation is 3. The van der Waals surface area contributed by atoms with Crippen molar-refractivity contribution in [2.75, 3.05) is 6.61 Å². The highest BCUT2D eigenvalue weighted by molar-refractivity contribution is 5.72. The van der Waals surface area contributed by atoms with E-state index in [2.05, 4.69) is 57.2 Å². The molecule has 0 aromatic heterocycles. The van der Waals surface area contributed by atoms with Gasteiger partial charge >= 0.3 is 0 Å². The third-order valence-corrected chi connectivity index (χ3v) is 7.26. The Morgan fingerprint density at radius 3 is 2.00 bits per heavy atom. The van der Waals surface area contributed by atoms with Gasteiger partial charge in [0, 0.05) is 12.0 Å². The van der Waals surface area contributed by atoms with Crippen LogP contribution >= 0.6 is 0 Å². The maximum atomic E-state index is 6.49. The predicted molar refractivity (Wildman–Crippen MR) is 150 cm³/mol. The smallest absolute Gasteiger partial charge is 0.199 e. The van der Waals surface area contributed by atoms with E-state index >= 15 is 0 Å². The summed E-state index contributed by atoms with van der Waals surface area (Å²) in [5, 5.41) is 0. The fraction of sp³-hybridized carbons (Fsp3) is 0.636. The Hall–Kier alpha value is -1.80. The maximum Gasteiger partial charge on any atom is 0.199 e. The summed E-state index contributed by atoms with van der Waals surface area (Å²) in [5.41, 5.74) is 6.94. The lowest BCUT2D eigenvalue weighted by Crippen LogP contribution is -2.25. The number of benzene rings is 2. The van der Waals surface area contributed by atoms with E-state index in [1.54, 1.807) is 0 Å². The van der Waals surface area contributed by atoms with Crippen LogP contribution in [0, 0.1) is 0 Å². The first-order valence-electron chi connectivity index (χ1n) is 14.8. The van der Waals surface area contributed by atoms with Crippen LogP contribution in [0.1, 0.15) is 121 Å². The Balaban J connectivity index is 1.86. The van der Waals surface area contributed by atoms with Crippen molar-refractivity contribution >= 4 is 0 Å². The van der Waals surface area contributed by atoms with Crippen molar-refractivity contribution in [3.8, 4) is 16.9 Å². The van der Waals surface area contributed by atoms with Crippen LogP contribution in [-0.2, 0) is 24.0 Å². The molecular formula is C33H50O2. The Labute approximate surface area is 215 Å². The third kappa shape index (κ3) is 9.64. The zero-order valence-corrected chi connectivity index (χ0v) is 22.9. The minimum absolute atomic E-state index is 0.116. The molecule has 2 heteroatoms. The number of rotatable bonds is 16. The molecule has 0 N–H and O–H groups in total. The molecule has 35 heavy (non-hydrogen) atoms.